The van der Waals surface area contributed by atoms with Gasteiger partial charge in [0.25, 0.3) is 10.0 Å². The van der Waals surface area contributed by atoms with Crippen LogP contribution in [-0.4, -0.2) is 31.7 Å². The van der Waals surface area contributed by atoms with Crippen molar-refractivity contribution in [2.24, 2.45) is 0 Å². The lowest BCUT2D eigenvalue weighted by Crippen LogP contribution is -2.28. The molecule has 1 saturated heterocycles. The van der Waals surface area contributed by atoms with E-state index >= 15 is 0 Å². The molecule has 2 heterocycles. The molecule has 3 aromatic rings. The summed E-state index contributed by atoms with van der Waals surface area (Å²) in [7, 11) is -3.43. The van der Waals surface area contributed by atoms with E-state index in [9.17, 15) is 13.2 Å². The minimum atomic E-state index is -3.43. The highest BCUT2D eigenvalue weighted by Crippen LogP contribution is 2.28. The lowest BCUT2D eigenvalue weighted by atomic mass is 10.0. The van der Waals surface area contributed by atoms with Crippen molar-refractivity contribution in [3.05, 3.63) is 77.2 Å². The Morgan fingerprint density at radius 3 is 2.29 bits per heavy atom. The van der Waals surface area contributed by atoms with Gasteiger partial charge in [-0.25, -0.2) is 8.42 Å². The summed E-state index contributed by atoms with van der Waals surface area (Å²) in [6.07, 6.45) is 1.99. The van der Waals surface area contributed by atoms with Gasteiger partial charge in [-0.2, -0.15) is 4.31 Å². The van der Waals surface area contributed by atoms with E-state index < -0.39 is 10.0 Å². The fraction of sp³-hybridized carbons (Fsp3) is 0.292. The molecule has 0 saturated carbocycles. The molecule has 1 atom stereocenters. The molecule has 2 aromatic carbocycles. The molecule has 1 aromatic heterocycles. The van der Waals surface area contributed by atoms with E-state index in [0.717, 1.165) is 34.4 Å². The number of hydrogen-bond donors (Lipinski definition) is 1. The zero-order chi connectivity index (χ0) is 21.8. The molecule has 0 radical (unpaired) electrons. The van der Waals surface area contributed by atoms with Gasteiger partial charge in [-0.1, -0.05) is 54.6 Å². The standard InChI is InChI=1S/C24H26N2O3S2/c1-18(19-9-11-21(12-10-19)20-7-3-2-4-8-20)25-23(27)17-22-13-14-24(30-22)31(28,29)26-15-5-6-16-26/h2-4,7-14,18H,5-6,15-17H2,1H3,(H,25,27)/t18-/m0/s1. The second-order valence-electron chi connectivity index (χ2n) is 7.79. The summed E-state index contributed by atoms with van der Waals surface area (Å²) in [5, 5.41) is 3.01. The highest BCUT2D eigenvalue weighted by molar-refractivity contribution is 7.91. The van der Waals surface area contributed by atoms with Gasteiger partial charge in [-0.3, -0.25) is 4.79 Å². The molecular formula is C24H26N2O3S2. The maximum Gasteiger partial charge on any atom is 0.252 e. The number of benzene rings is 2. The normalized spacial score (nSPS) is 15.6. The van der Waals surface area contributed by atoms with Crippen LogP contribution < -0.4 is 5.32 Å². The molecule has 7 heteroatoms. The van der Waals surface area contributed by atoms with Crippen molar-refractivity contribution in [3.8, 4) is 11.1 Å². The summed E-state index contributed by atoms with van der Waals surface area (Å²) in [6.45, 7) is 3.11. The molecule has 0 bridgehead atoms. The average molecular weight is 455 g/mol. The predicted molar refractivity (Wildman–Crippen MR) is 124 cm³/mol. The van der Waals surface area contributed by atoms with Gasteiger partial charge in [0.1, 0.15) is 4.21 Å². The fourth-order valence-electron chi connectivity index (χ4n) is 3.78. The van der Waals surface area contributed by atoms with Crippen LogP contribution >= 0.6 is 11.3 Å². The Balaban J connectivity index is 1.36. The molecule has 1 amide bonds. The highest BCUT2D eigenvalue weighted by atomic mass is 32.2. The van der Waals surface area contributed by atoms with Gasteiger partial charge in [0.15, 0.2) is 0 Å². The molecule has 31 heavy (non-hydrogen) atoms. The Morgan fingerprint density at radius 1 is 0.968 bits per heavy atom. The summed E-state index contributed by atoms with van der Waals surface area (Å²) >= 11 is 1.19. The maximum absolute atomic E-state index is 12.7. The van der Waals surface area contributed by atoms with Gasteiger partial charge in [0.2, 0.25) is 5.91 Å². The van der Waals surface area contributed by atoms with Gasteiger partial charge in [-0.15, -0.1) is 11.3 Å². The lowest BCUT2D eigenvalue weighted by molar-refractivity contribution is -0.121. The SMILES string of the molecule is C[C@H](NC(=O)Cc1ccc(S(=O)(=O)N2CCCC2)s1)c1ccc(-c2ccccc2)cc1. The first-order chi connectivity index (χ1) is 14.9. The lowest BCUT2D eigenvalue weighted by Gasteiger charge is -2.15. The molecule has 1 fully saturated rings. The number of thiophene rings is 1. The summed E-state index contributed by atoms with van der Waals surface area (Å²) in [5.41, 5.74) is 3.31. The van der Waals surface area contributed by atoms with Crippen molar-refractivity contribution in [2.75, 3.05) is 13.1 Å². The number of sulfonamides is 1. The first-order valence-electron chi connectivity index (χ1n) is 10.5. The fourth-order valence-corrected chi connectivity index (χ4v) is 6.80. The Kier molecular flexibility index (Phi) is 6.55. The van der Waals surface area contributed by atoms with Crippen LogP contribution in [0.15, 0.2) is 70.9 Å². The van der Waals surface area contributed by atoms with Crippen LogP contribution in [0.1, 0.15) is 36.2 Å². The molecular weight excluding hydrogens is 428 g/mol. The molecule has 1 N–H and O–H groups in total. The van der Waals surface area contributed by atoms with E-state index in [-0.39, 0.29) is 18.4 Å². The molecule has 5 nitrogen and oxygen atoms in total. The predicted octanol–water partition coefficient (Wildman–Crippen LogP) is 4.62. The third kappa shape index (κ3) is 5.06. The van der Waals surface area contributed by atoms with Crippen molar-refractivity contribution in [2.45, 2.75) is 36.4 Å². The van der Waals surface area contributed by atoms with Crippen LogP contribution in [-0.2, 0) is 21.2 Å². The molecule has 4 rings (SSSR count). The Bertz CT molecular complexity index is 1130. The Morgan fingerprint density at radius 2 is 1.61 bits per heavy atom. The Hall–Kier alpha value is -2.48. The van der Waals surface area contributed by atoms with Gasteiger partial charge >= 0.3 is 0 Å². The topological polar surface area (TPSA) is 66.5 Å². The van der Waals surface area contributed by atoms with E-state index in [1.54, 1.807) is 12.1 Å². The number of carbonyl (C=O) groups excluding carboxylic acids is 1. The summed E-state index contributed by atoms with van der Waals surface area (Å²) < 4.78 is 27.2. The van der Waals surface area contributed by atoms with Crippen molar-refractivity contribution >= 4 is 27.3 Å². The van der Waals surface area contributed by atoms with Gasteiger partial charge in [0.05, 0.1) is 12.5 Å². The van der Waals surface area contributed by atoms with E-state index in [4.69, 9.17) is 0 Å². The first-order valence-corrected chi connectivity index (χ1v) is 12.7. The van der Waals surface area contributed by atoms with Gasteiger partial charge in [0, 0.05) is 18.0 Å². The van der Waals surface area contributed by atoms with Crippen LogP contribution in [0.25, 0.3) is 11.1 Å². The monoisotopic (exact) mass is 454 g/mol. The maximum atomic E-state index is 12.7. The molecule has 1 aliphatic rings. The zero-order valence-electron chi connectivity index (χ0n) is 17.5. The highest BCUT2D eigenvalue weighted by Gasteiger charge is 2.28. The van der Waals surface area contributed by atoms with Crippen LogP contribution in [0.3, 0.4) is 0 Å². The van der Waals surface area contributed by atoms with Crippen molar-refractivity contribution in [3.63, 3.8) is 0 Å². The minimum Gasteiger partial charge on any atom is -0.349 e. The molecule has 162 valence electrons. The molecule has 0 aliphatic carbocycles. The smallest absolute Gasteiger partial charge is 0.252 e. The zero-order valence-corrected chi connectivity index (χ0v) is 19.1. The van der Waals surface area contributed by atoms with Gasteiger partial charge < -0.3 is 5.32 Å². The van der Waals surface area contributed by atoms with E-state index in [0.29, 0.717) is 17.3 Å². The summed E-state index contributed by atoms with van der Waals surface area (Å²) in [6, 6.07) is 21.6. The third-order valence-corrected chi connectivity index (χ3v) is 8.98. The van der Waals surface area contributed by atoms with Crippen molar-refractivity contribution in [1.29, 1.82) is 0 Å². The van der Waals surface area contributed by atoms with Gasteiger partial charge in [-0.05, 0) is 48.6 Å². The molecule has 0 unspecified atom stereocenters. The van der Waals surface area contributed by atoms with Crippen molar-refractivity contribution < 1.29 is 13.2 Å². The molecule has 0 spiro atoms. The van der Waals surface area contributed by atoms with E-state index in [1.807, 2.05) is 37.3 Å². The number of amides is 1. The summed E-state index contributed by atoms with van der Waals surface area (Å²) in [4.78, 5) is 13.3. The van der Waals surface area contributed by atoms with Crippen LogP contribution in [0, 0.1) is 0 Å². The van der Waals surface area contributed by atoms with Crippen LogP contribution in [0.5, 0.6) is 0 Å². The quantitative estimate of drug-likeness (QED) is 0.566. The second-order valence-corrected chi connectivity index (χ2v) is 11.1. The Labute approximate surface area is 187 Å². The first kappa shape index (κ1) is 21.7. The number of nitrogens with one attached hydrogen (secondary N) is 1. The molecule has 1 aliphatic heterocycles. The van der Waals surface area contributed by atoms with Crippen LogP contribution in [0.4, 0.5) is 0 Å². The number of carbonyl (C=O) groups is 1. The average Bonchev–Trinajstić information content (AvgIpc) is 3.47. The number of hydrogen-bond acceptors (Lipinski definition) is 4. The van der Waals surface area contributed by atoms with Crippen LogP contribution in [0.2, 0.25) is 0 Å². The van der Waals surface area contributed by atoms with E-state index in [1.165, 1.54) is 15.6 Å². The van der Waals surface area contributed by atoms with E-state index in [2.05, 4.69) is 29.6 Å². The summed E-state index contributed by atoms with van der Waals surface area (Å²) in [5.74, 6) is -0.119. The third-order valence-electron chi connectivity index (χ3n) is 5.53. The van der Waals surface area contributed by atoms with Crippen molar-refractivity contribution in [1.82, 2.24) is 9.62 Å². The second kappa shape index (κ2) is 9.34. The minimum absolute atomic E-state index is 0.119. The number of nitrogens with zero attached hydrogens (tertiary/aromatic N) is 1. The largest absolute Gasteiger partial charge is 0.349 e. The number of rotatable bonds is 7.